The molecule has 0 aromatic heterocycles. The monoisotopic (exact) mass is 435 g/mol. The van der Waals surface area contributed by atoms with Crippen molar-refractivity contribution in [1.82, 2.24) is 0 Å². The van der Waals surface area contributed by atoms with Crippen molar-refractivity contribution < 1.29 is 14.6 Å². The molecule has 0 amide bonds. The molecule has 0 bridgehead atoms. The molecule has 31 heavy (non-hydrogen) atoms. The first kappa shape index (κ1) is 20.8. The number of ether oxygens (including phenoxy) is 1. The molecule has 4 rings (SSSR count). The molecule has 0 saturated heterocycles. The van der Waals surface area contributed by atoms with Crippen LogP contribution in [-0.2, 0) is 4.79 Å². The lowest BCUT2D eigenvalue weighted by atomic mass is 9.75. The molecule has 0 spiro atoms. The maximum atomic E-state index is 13.2. The van der Waals surface area contributed by atoms with Crippen molar-refractivity contribution in [3.8, 4) is 17.6 Å². The first-order chi connectivity index (χ1) is 14.9. The third-order valence-electron chi connectivity index (χ3n) is 5.93. The van der Waals surface area contributed by atoms with Gasteiger partial charge in [-0.15, -0.1) is 0 Å². The van der Waals surface area contributed by atoms with Crippen LogP contribution in [0.1, 0.15) is 36.3 Å². The lowest BCUT2D eigenvalue weighted by molar-refractivity contribution is -0.116. The van der Waals surface area contributed by atoms with Crippen LogP contribution in [0.2, 0.25) is 5.02 Å². The average molecular weight is 436 g/mol. The van der Waals surface area contributed by atoms with Crippen LogP contribution in [0.4, 0.5) is 5.69 Å². The van der Waals surface area contributed by atoms with Gasteiger partial charge >= 0.3 is 0 Å². The zero-order valence-electron chi connectivity index (χ0n) is 17.3. The van der Waals surface area contributed by atoms with E-state index in [4.69, 9.17) is 22.1 Å². The largest absolute Gasteiger partial charge is 0.504 e. The van der Waals surface area contributed by atoms with Crippen LogP contribution >= 0.6 is 11.6 Å². The number of hydrogen-bond acceptors (Lipinski definition) is 6. The van der Waals surface area contributed by atoms with Crippen molar-refractivity contribution in [2.75, 3.05) is 12.0 Å². The van der Waals surface area contributed by atoms with E-state index in [0.717, 1.165) is 16.9 Å². The Bertz CT molecular complexity index is 1190. The quantitative estimate of drug-likeness (QED) is 0.726. The van der Waals surface area contributed by atoms with Crippen molar-refractivity contribution in [1.29, 1.82) is 5.26 Å². The second-order valence-corrected chi connectivity index (χ2v) is 8.04. The fourth-order valence-electron chi connectivity index (χ4n) is 4.41. The Morgan fingerprint density at radius 2 is 2.06 bits per heavy atom. The first-order valence-corrected chi connectivity index (χ1v) is 10.3. The van der Waals surface area contributed by atoms with E-state index in [0.29, 0.717) is 35.4 Å². The summed E-state index contributed by atoms with van der Waals surface area (Å²) in [5.74, 6) is -0.107. The molecule has 7 heteroatoms. The van der Waals surface area contributed by atoms with Gasteiger partial charge in [0.2, 0.25) is 0 Å². The second kappa shape index (κ2) is 8.01. The van der Waals surface area contributed by atoms with E-state index in [9.17, 15) is 15.2 Å². The number of halogens is 1. The number of phenolic OH excluding ortho intramolecular Hbond substituents is 1. The summed E-state index contributed by atoms with van der Waals surface area (Å²) in [7, 11) is 1.45. The number of carbonyl (C=O) groups is 1. The van der Waals surface area contributed by atoms with E-state index in [2.05, 4.69) is 6.07 Å². The van der Waals surface area contributed by atoms with Crippen molar-refractivity contribution in [3.63, 3.8) is 0 Å². The van der Waals surface area contributed by atoms with Gasteiger partial charge in [0.1, 0.15) is 5.82 Å². The van der Waals surface area contributed by atoms with Crippen LogP contribution in [0.5, 0.6) is 11.5 Å². The number of rotatable bonds is 3. The van der Waals surface area contributed by atoms with E-state index in [-0.39, 0.29) is 28.7 Å². The minimum atomic E-state index is -0.627. The van der Waals surface area contributed by atoms with Crippen molar-refractivity contribution in [2.45, 2.75) is 32.1 Å². The highest BCUT2D eigenvalue weighted by molar-refractivity contribution is 6.31. The zero-order valence-corrected chi connectivity index (χ0v) is 18.0. The Kier molecular flexibility index (Phi) is 5.38. The number of nitriles is 1. The smallest absolute Gasteiger partial charge is 0.161 e. The lowest BCUT2D eigenvalue weighted by Gasteiger charge is -2.40. The highest BCUT2D eigenvalue weighted by Gasteiger charge is 2.40. The molecule has 0 saturated carbocycles. The minimum absolute atomic E-state index is 0.0109. The average Bonchev–Trinajstić information content (AvgIpc) is 2.76. The summed E-state index contributed by atoms with van der Waals surface area (Å²) in [4.78, 5) is 15.0. The topological polar surface area (TPSA) is 99.6 Å². The number of nitrogens with two attached hydrogens (primary N) is 1. The van der Waals surface area contributed by atoms with E-state index < -0.39 is 5.92 Å². The third kappa shape index (κ3) is 3.31. The summed E-state index contributed by atoms with van der Waals surface area (Å²) < 4.78 is 5.25. The van der Waals surface area contributed by atoms with E-state index in [1.54, 1.807) is 23.1 Å². The van der Waals surface area contributed by atoms with Gasteiger partial charge in [-0.05, 0) is 55.2 Å². The number of aromatic hydroxyl groups is 1. The summed E-state index contributed by atoms with van der Waals surface area (Å²) in [6, 6.07) is 12.6. The molecular weight excluding hydrogens is 414 g/mol. The molecule has 2 aromatic carbocycles. The number of phenols is 1. The fraction of sp³-hybridized carbons (Fsp3) is 0.250. The summed E-state index contributed by atoms with van der Waals surface area (Å²) >= 11 is 6.36. The molecule has 1 unspecified atom stereocenters. The van der Waals surface area contributed by atoms with Gasteiger partial charge in [-0.1, -0.05) is 23.7 Å². The number of carbonyl (C=O) groups excluding carboxylic acids is 1. The van der Waals surface area contributed by atoms with Crippen LogP contribution in [0.3, 0.4) is 0 Å². The molecule has 1 atom stereocenters. The molecule has 1 aliphatic heterocycles. The van der Waals surface area contributed by atoms with Gasteiger partial charge in [-0.25, -0.2) is 0 Å². The van der Waals surface area contributed by atoms with Crippen molar-refractivity contribution >= 4 is 23.1 Å². The molecule has 0 radical (unpaired) electrons. The van der Waals surface area contributed by atoms with Crippen LogP contribution in [0.25, 0.3) is 0 Å². The maximum Gasteiger partial charge on any atom is 0.161 e. The van der Waals surface area contributed by atoms with Gasteiger partial charge in [0.25, 0.3) is 0 Å². The summed E-state index contributed by atoms with van der Waals surface area (Å²) in [6.45, 7) is 1.89. The first-order valence-electron chi connectivity index (χ1n) is 9.97. The highest BCUT2D eigenvalue weighted by Crippen LogP contribution is 2.48. The van der Waals surface area contributed by atoms with Gasteiger partial charge in [0, 0.05) is 22.7 Å². The van der Waals surface area contributed by atoms with E-state index >= 15 is 0 Å². The van der Waals surface area contributed by atoms with Crippen LogP contribution in [0.15, 0.2) is 59.1 Å². The molecule has 6 nitrogen and oxygen atoms in total. The molecular formula is C24H22ClN3O3. The third-order valence-corrected chi connectivity index (χ3v) is 6.34. The maximum absolute atomic E-state index is 13.2. The van der Waals surface area contributed by atoms with Crippen LogP contribution < -0.4 is 15.4 Å². The van der Waals surface area contributed by atoms with E-state index in [1.807, 2.05) is 19.1 Å². The number of hydrogen-bond donors (Lipinski definition) is 2. The van der Waals surface area contributed by atoms with Gasteiger partial charge in [0.05, 0.1) is 30.4 Å². The Balaban J connectivity index is 2.00. The molecule has 158 valence electrons. The minimum Gasteiger partial charge on any atom is -0.504 e. The SMILES string of the molecule is COc1cc(C2C(C#N)=C(N)N(c3cccc(Cl)c3C)C3=C2C(=O)CCC3)ccc1O. The Hall–Kier alpha value is -3.43. The zero-order chi connectivity index (χ0) is 22.3. The van der Waals surface area contributed by atoms with Gasteiger partial charge in [0.15, 0.2) is 17.3 Å². The summed E-state index contributed by atoms with van der Waals surface area (Å²) in [5.41, 5.74) is 10.4. The normalized spacial score (nSPS) is 18.7. The number of Topliss-reactive ketones (excluding diaryl/α,β-unsaturated/α-hetero) is 1. The van der Waals surface area contributed by atoms with E-state index in [1.165, 1.54) is 13.2 Å². The molecule has 2 aliphatic rings. The van der Waals surface area contributed by atoms with Gasteiger partial charge < -0.3 is 15.6 Å². The number of anilines is 1. The fourth-order valence-corrected chi connectivity index (χ4v) is 4.58. The molecule has 3 N–H and O–H groups in total. The number of ketones is 1. The number of methoxy groups -OCH3 is 1. The number of allylic oxidation sites excluding steroid dienone is 3. The Labute approximate surface area is 185 Å². The number of nitrogens with zero attached hydrogens (tertiary/aromatic N) is 2. The standard InChI is InChI=1S/C24H22ClN3O3/c1-13-16(25)5-3-6-17(13)28-18-7-4-8-20(30)23(18)22(15(12-26)24(28)27)14-9-10-19(29)21(11-14)31-2/h3,5-6,9-11,22,29H,4,7-8,27H2,1-2H3. The van der Waals surface area contributed by atoms with Gasteiger partial charge in [-0.3, -0.25) is 9.69 Å². The Morgan fingerprint density at radius 1 is 1.29 bits per heavy atom. The lowest BCUT2D eigenvalue weighted by Crippen LogP contribution is -2.39. The molecule has 2 aromatic rings. The predicted octanol–water partition coefficient (Wildman–Crippen LogP) is 4.67. The Morgan fingerprint density at radius 3 is 2.77 bits per heavy atom. The van der Waals surface area contributed by atoms with Crippen molar-refractivity contribution in [3.05, 3.63) is 75.2 Å². The van der Waals surface area contributed by atoms with Crippen LogP contribution in [-0.4, -0.2) is 18.0 Å². The number of benzene rings is 2. The summed E-state index contributed by atoms with van der Waals surface area (Å²) in [5, 5.41) is 20.7. The summed E-state index contributed by atoms with van der Waals surface area (Å²) in [6.07, 6.45) is 1.76. The van der Waals surface area contributed by atoms with Gasteiger partial charge in [-0.2, -0.15) is 5.26 Å². The highest BCUT2D eigenvalue weighted by atomic mass is 35.5. The molecule has 1 aliphatic carbocycles. The van der Waals surface area contributed by atoms with Crippen molar-refractivity contribution in [2.24, 2.45) is 5.73 Å². The van der Waals surface area contributed by atoms with Crippen LogP contribution in [0, 0.1) is 18.3 Å². The predicted molar refractivity (Wildman–Crippen MR) is 119 cm³/mol. The molecule has 1 heterocycles. The second-order valence-electron chi connectivity index (χ2n) is 7.63. The molecule has 0 fully saturated rings.